The number of carbonyl (C=O) groups is 1. The lowest BCUT2D eigenvalue weighted by atomic mass is 10.1. The molecule has 0 spiro atoms. The minimum absolute atomic E-state index is 0.00635. The average molecular weight is 189 g/mol. The van der Waals surface area contributed by atoms with E-state index in [4.69, 9.17) is 16.6 Å². The smallest absolute Gasteiger partial charge is 0.320 e. The van der Waals surface area contributed by atoms with Crippen molar-refractivity contribution < 1.29 is 9.90 Å². The second kappa shape index (κ2) is 6.82. The van der Waals surface area contributed by atoms with Crippen molar-refractivity contribution in [3.8, 4) is 0 Å². The van der Waals surface area contributed by atoms with E-state index in [0.29, 0.717) is 6.42 Å². The van der Waals surface area contributed by atoms with Gasteiger partial charge in [-0.3, -0.25) is 4.79 Å². The average Bonchev–Trinajstić information content (AvgIpc) is 2.02. The number of unbranched alkanes of at least 4 members (excludes halogenated alkanes) is 1. The second-order valence-corrected chi connectivity index (χ2v) is 3.18. The molecule has 0 aliphatic heterocycles. The van der Waals surface area contributed by atoms with Crippen LogP contribution in [0.25, 0.3) is 0 Å². The van der Waals surface area contributed by atoms with Crippen LogP contribution in [0.15, 0.2) is 0 Å². The third-order valence-corrected chi connectivity index (χ3v) is 1.73. The van der Waals surface area contributed by atoms with Crippen LogP contribution in [-0.4, -0.2) is 29.8 Å². The highest BCUT2D eigenvalue weighted by Gasteiger charge is 2.09. The summed E-state index contributed by atoms with van der Waals surface area (Å²) in [6.45, 7) is 2.67. The van der Waals surface area contributed by atoms with Gasteiger partial charge in [-0.05, 0) is 26.3 Å². The van der Waals surface area contributed by atoms with Crippen LogP contribution in [0.2, 0.25) is 0 Å². The predicted molar refractivity (Wildman–Crippen MR) is 51.1 cm³/mol. The molecule has 0 aromatic rings. The summed E-state index contributed by atoms with van der Waals surface area (Å²) in [5, 5.41) is 11.5. The molecule has 1 unspecified atom stereocenters. The lowest BCUT2D eigenvalue weighted by molar-refractivity contribution is -0.138. The third kappa shape index (κ3) is 7.70. The van der Waals surface area contributed by atoms with Crippen molar-refractivity contribution >= 4 is 5.97 Å². The fraction of sp³-hybridized carbons (Fsp3) is 0.875. The maximum absolute atomic E-state index is 10.3. The van der Waals surface area contributed by atoms with Crippen LogP contribution in [0.3, 0.4) is 0 Å². The predicted octanol–water partition coefficient (Wildman–Crippen LogP) is -0.537. The van der Waals surface area contributed by atoms with E-state index < -0.39 is 12.0 Å². The molecule has 0 aliphatic rings. The van der Waals surface area contributed by atoms with Gasteiger partial charge in [-0.15, -0.1) is 0 Å². The molecule has 0 heterocycles. The molecule has 5 nitrogen and oxygen atoms in total. The van der Waals surface area contributed by atoms with E-state index in [0.717, 1.165) is 19.4 Å². The number of carboxylic acid groups (broad SMARTS) is 1. The number of rotatable bonds is 7. The minimum atomic E-state index is -0.930. The molecule has 0 amide bonds. The molecule has 0 aromatic carbocycles. The van der Waals surface area contributed by atoms with Crippen molar-refractivity contribution in [2.45, 2.75) is 38.4 Å². The molecular weight excluding hydrogens is 170 g/mol. The molecule has 0 radical (unpaired) electrons. The van der Waals surface area contributed by atoms with E-state index in [1.165, 1.54) is 0 Å². The van der Waals surface area contributed by atoms with Gasteiger partial charge in [0.1, 0.15) is 6.04 Å². The molecule has 0 aromatic heterocycles. The maximum Gasteiger partial charge on any atom is 0.320 e. The lowest BCUT2D eigenvalue weighted by Crippen LogP contribution is -2.35. The molecule has 0 rings (SSSR count). The zero-order valence-corrected chi connectivity index (χ0v) is 7.99. The molecule has 13 heavy (non-hydrogen) atoms. The first-order valence-corrected chi connectivity index (χ1v) is 4.51. The van der Waals surface area contributed by atoms with Gasteiger partial charge in [0.25, 0.3) is 0 Å². The van der Waals surface area contributed by atoms with Crippen LogP contribution in [0.1, 0.15) is 26.2 Å². The Morgan fingerprint density at radius 2 is 2.08 bits per heavy atom. The Bertz CT molecular complexity index is 150. The first-order chi connectivity index (χ1) is 6.04. The van der Waals surface area contributed by atoms with E-state index in [2.05, 4.69) is 5.32 Å². The molecule has 0 bridgehead atoms. The van der Waals surface area contributed by atoms with E-state index in [-0.39, 0.29) is 6.17 Å². The number of carboxylic acids is 1. The quantitative estimate of drug-likeness (QED) is 0.318. The molecule has 78 valence electrons. The Labute approximate surface area is 78.5 Å². The van der Waals surface area contributed by atoms with E-state index in [9.17, 15) is 4.79 Å². The van der Waals surface area contributed by atoms with Gasteiger partial charge < -0.3 is 21.9 Å². The van der Waals surface area contributed by atoms with Gasteiger partial charge >= 0.3 is 5.97 Å². The number of hydrogen-bond acceptors (Lipinski definition) is 4. The summed E-state index contributed by atoms with van der Waals surface area (Å²) in [5.41, 5.74) is 10.8. The number of nitrogens with two attached hydrogens (primary N) is 2. The van der Waals surface area contributed by atoms with Crippen molar-refractivity contribution in [1.29, 1.82) is 0 Å². The van der Waals surface area contributed by atoms with E-state index >= 15 is 0 Å². The fourth-order valence-electron chi connectivity index (χ4n) is 0.942. The molecule has 0 fully saturated rings. The summed E-state index contributed by atoms with van der Waals surface area (Å²) in [7, 11) is 0. The number of hydrogen-bond donors (Lipinski definition) is 4. The summed E-state index contributed by atoms with van der Waals surface area (Å²) in [5.74, 6) is -0.930. The summed E-state index contributed by atoms with van der Waals surface area (Å²) in [6, 6.07) is -0.727. The Morgan fingerprint density at radius 1 is 1.46 bits per heavy atom. The van der Waals surface area contributed by atoms with Crippen molar-refractivity contribution in [1.82, 2.24) is 5.32 Å². The highest BCUT2D eigenvalue weighted by atomic mass is 16.4. The summed E-state index contributed by atoms with van der Waals surface area (Å²) in [4.78, 5) is 10.3. The first-order valence-electron chi connectivity index (χ1n) is 4.51. The second-order valence-electron chi connectivity index (χ2n) is 3.18. The van der Waals surface area contributed by atoms with Gasteiger partial charge in [-0.25, -0.2) is 0 Å². The SMILES string of the molecule is CC(N)NCCCC[C@H](N)C(=O)O. The van der Waals surface area contributed by atoms with Crippen molar-refractivity contribution in [3.05, 3.63) is 0 Å². The van der Waals surface area contributed by atoms with Crippen molar-refractivity contribution in [2.75, 3.05) is 6.54 Å². The maximum atomic E-state index is 10.3. The summed E-state index contributed by atoms with van der Waals surface area (Å²) < 4.78 is 0. The number of nitrogens with one attached hydrogen (secondary N) is 1. The fourth-order valence-corrected chi connectivity index (χ4v) is 0.942. The van der Waals surface area contributed by atoms with E-state index in [1.54, 1.807) is 0 Å². The standard InChI is InChI=1S/C8H19N3O2/c1-6(9)11-5-3-2-4-7(10)8(12)13/h6-7,11H,2-5,9-10H2,1H3,(H,12,13)/t6?,7-/m0/s1. The molecule has 5 heteroatoms. The molecule has 0 aliphatic carbocycles. The van der Waals surface area contributed by atoms with Gasteiger partial charge in [0.05, 0.1) is 6.17 Å². The third-order valence-electron chi connectivity index (χ3n) is 1.73. The summed E-state index contributed by atoms with van der Waals surface area (Å²) >= 11 is 0. The zero-order chi connectivity index (χ0) is 10.3. The molecule has 0 saturated heterocycles. The van der Waals surface area contributed by atoms with Crippen LogP contribution in [0.4, 0.5) is 0 Å². The largest absolute Gasteiger partial charge is 0.480 e. The molecule has 0 saturated carbocycles. The minimum Gasteiger partial charge on any atom is -0.480 e. The van der Waals surface area contributed by atoms with Crippen LogP contribution >= 0.6 is 0 Å². The topological polar surface area (TPSA) is 101 Å². The first kappa shape index (κ1) is 12.3. The normalized spacial score (nSPS) is 15.3. The van der Waals surface area contributed by atoms with Gasteiger partial charge in [0.15, 0.2) is 0 Å². The van der Waals surface area contributed by atoms with Crippen molar-refractivity contribution in [3.63, 3.8) is 0 Å². The molecule has 2 atom stereocenters. The Hall–Kier alpha value is -0.650. The number of aliphatic carboxylic acids is 1. The highest BCUT2D eigenvalue weighted by Crippen LogP contribution is 1.98. The Balaban J connectivity index is 3.21. The van der Waals surface area contributed by atoms with Gasteiger partial charge in [-0.2, -0.15) is 0 Å². The lowest BCUT2D eigenvalue weighted by Gasteiger charge is -2.08. The molecule has 6 N–H and O–H groups in total. The highest BCUT2D eigenvalue weighted by molar-refractivity contribution is 5.72. The van der Waals surface area contributed by atoms with Crippen molar-refractivity contribution in [2.24, 2.45) is 11.5 Å². The van der Waals surface area contributed by atoms with E-state index in [1.807, 2.05) is 6.92 Å². The van der Waals surface area contributed by atoms with Gasteiger partial charge in [-0.1, -0.05) is 6.42 Å². The Kier molecular flexibility index (Phi) is 6.48. The Morgan fingerprint density at radius 3 is 2.54 bits per heavy atom. The summed E-state index contributed by atoms with van der Waals surface area (Å²) in [6.07, 6.45) is 2.24. The monoisotopic (exact) mass is 189 g/mol. The van der Waals surface area contributed by atoms with Crippen LogP contribution in [0, 0.1) is 0 Å². The van der Waals surface area contributed by atoms with Gasteiger partial charge in [0.2, 0.25) is 0 Å². The molecular formula is C8H19N3O2. The zero-order valence-electron chi connectivity index (χ0n) is 7.99. The van der Waals surface area contributed by atoms with Crippen LogP contribution < -0.4 is 16.8 Å². The van der Waals surface area contributed by atoms with Gasteiger partial charge in [0, 0.05) is 0 Å². The van der Waals surface area contributed by atoms with Crippen LogP contribution in [-0.2, 0) is 4.79 Å². The van der Waals surface area contributed by atoms with Crippen LogP contribution in [0.5, 0.6) is 0 Å².